The summed E-state index contributed by atoms with van der Waals surface area (Å²) < 4.78 is 5.28. The molecule has 0 radical (unpaired) electrons. The highest BCUT2D eigenvalue weighted by Gasteiger charge is 2.33. The van der Waals surface area contributed by atoms with Crippen molar-refractivity contribution in [3.05, 3.63) is 45.4 Å². The molecule has 2 aromatic rings. The summed E-state index contributed by atoms with van der Waals surface area (Å²) >= 11 is 1.64. The Labute approximate surface area is 123 Å². The smallest absolute Gasteiger partial charge is 0.119 e. The molecule has 0 amide bonds. The maximum Gasteiger partial charge on any atom is 0.119 e. The number of aryl methyl sites for hydroxylation is 2. The minimum atomic E-state index is -0.681. The lowest BCUT2D eigenvalue weighted by Crippen LogP contribution is -2.38. The van der Waals surface area contributed by atoms with Crippen LogP contribution in [0.2, 0.25) is 0 Å². The highest BCUT2D eigenvalue weighted by Crippen LogP contribution is 2.33. The molecule has 0 fully saturated rings. The van der Waals surface area contributed by atoms with E-state index in [-0.39, 0.29) is 0 Å². The maximum atomic E-state index is 10.9. The minimum Gasteiger partial charge on any atom is -0.497 e. The second kappa shape index (κ2) is 5.19. The molecule has 0 saturated heterocycles. The van der Waals surface area contributed by atoms with Crippen molar-refractivity contribution in [3.8, 4) is 5.75 Å². The van der Waals surface area contributed by atoms with Crippen LogP contribution in [-0.2, 0) is 19.3 Å². The predicted octanol–water partition coefficient (Wildman–Crippen LogP) is 2.92. The van der Waals surface area contributed by atoms with Gasteiger partial charge in [0.1, 0.15) is 5.75 Å². The summed E-state index contributed by atoms with van der Waals surface area (Å²) in [4.78, 5) is 4.47. The highest BCUT2D eigenvalue weighted by atomic mass is 32.1. The number of fused-ring (bicyclic) bond motifs is 1. The molecule has 1 aromatic carbocycles. The van der Waals surface area contributed by atoms with Crippen molar-refractivity contribution in [2.45, 2.75) is 38.2 Å². The zero-order valence-corrected chi connectivity index (χ0v) is 12.7. The quantitative estimate of drug-likeness (QED) is 0.944. The summed E-state index contributed by atoms with van der Waals surface area (Å²) in [5, 5.41) is 14.0. The Morgan fingerprint density at radius 2 is 2.25 bits per heavy atom. The molecule has 1 aliphatic rings. The van der Waals surface area contributed by atoms with Crippen molar-refractivity contribution in [3.63, 3.8) is 0 Å². The lowest BCUT2D eigenvalue weighted by molar-refractivity contribution is 0.0259. The number of hydrogen-bond donors (Lipinski definition) is 1. The van der Waals surface area contributed by atoms with Gasteiger partial charge in [0.2, 0.25) is 0 Å². The number of benzene rings is 1. The maximum absolute atomic E-state index is 10.9. The number of nitrogens with zero attached hydrogens (tertiary/aromatic N) is 1. The number of rotatable bonds is 3. The molecular formula is C16H19NO2S. The van der Waals surface area contributed by atoms with Crippen LogP contribution in [0.5, 0.6) is 5.75 Å². The summed E-state index contributed by atoms with van der Waals surface area (Å²) in [6.07, 6.45) is 3.02. The summed E-state index contributed by atoms with van der Waals surface area (Å²) in [7, 11) is 1.68. The van der Waals surface area contributed by atoms with Crippen molar-refractivity contribution in [1.29, 1.82) is 0 Å². The van der Waals surface area contributed by atoms with Crippen LogP contribution in [-0.4, -0.2) is 22.8 Å². The van der Waals surface area contributed by atoms with E-state index in [1.807, 2.05) is 24.4 Å². The number of thiazole rings is 1. The third-order valence-corrected chi connectivity index (χ3v) is 4.79. The van der Waals surface area contributed by atoms with Crippen LogP contribution in [0.25, 0.3) is 0 Å². The van der Waals surface area contributed by atoms with E-state index in [0.29, 0.717) is 12.8 Å². The number of aromatic nitrogens is 1. The van der Waals surface area contributed by atoms with Crippen molar-refractivity contribution in [1.82, 2.24) is 4.98 Å². The van der Waals surface area contributed by atoms with E-state index in [2.05, 4.69) is 11.1 Å². The second-order valence-electron chi connectivity index (χ2n) is 5.57. The van der Waals surface area contributed by atoms with Gasteiger partial charge in [-0.25, -0.2) is 4.98 Å². The SMILES string of the molecule is COc1ccc2c(c1)CC(O)(Cc1csc(C)n1)CC2. The molecule has 0 spiro atoms. The molecule has 4 heteroatoms. The van der Waals surface area contributed by atoms with Crippen LogP contribution >= 0.6 is 11.3 Å². The first-order valence-electron chi connectivity index (χ1n) is 6.87. The Morgan fingerprint density at radius 1 is 1.40 bits per heavy atom. The van der Waals surface area contributed by atoms with Gasteiger partial charge < -0.3 is 9.84 Å². The van der Waals surface area contributed by atoms with Gasteiger partial charge in [0.25, 0.3) is 0 Å². The normalized spacial score (nSPS) is 21.6. The molecule has 1 unspecified atom stereocenters. The number of ether oxygens (including phenoxy) is 1. The van der Waals surface area contributed by atoms with Gasteiger partial charge in [-0.3, -0.25) is 0 Å². The Kier molecular flexibility index (Phi) is 3.52. The zero-order chi connectivity index (χ0) is 14.2. The first kappa shape index (κ1) is 13.6. The van der Waals surface area contributed by atoms with E-state index >= 15 is 0 Å². The average Bonchev–Trinajstić information content (AvgIpc) is 2.82. The van der Waals surface area contributed by atoms with Crippen LogP contribution in [0, 0.1) is 6.92 Å². The van der Waals surface area contributed by atoms with E-state index in [1.54, 1.807) is 18.4 Å². The van der Waals surface area contributed by atoms with Crippen molar-refractivity contribution >= 4 is 11.3 Å². The molecule has 3 rings (SSSR count). The van der Waals surface area contributed by atoms with Crippen LogP contribution in [0.4, 0.5) is 0 Å². The topological polar surface area (TPSA) is 42.4 Å². The third-order valence-electron chi connectivity index (χ3n) is 3.97. The van der Waals surface area contributed by atoms with E-state index in [0.717, 1.165) is 29.3 Å². The Morgan fingerprint density at radius 3 is 2.95 bits per heavy atom. The minimum absolute atomic E-state index is 0.633. The second-order valence-corrected chi connectivity index (χ2v) is 6.63. The van der Waals surface area contributed by atoms with Gasteiger partial charge in [0.15, 0.2) is 0 Å². The fraction of sp³-hybridized carbons (Fsp3) is 0.438. The third kappa shape index (κ3) is 2.72. The van der Waals surface area contributed by atoms with Crippen molar-refractivity contribution < 1.29 is 9.84 Å². The largest absolute Gasteiger partial charge is 0.497 e. The molecule has 0 aliphatic heterocycles. The number of aliphatic hydroxyl groups is 1. The lowest BCUT2D eigenvalue weighted by atomic mass is 9.78. The Bertz CT molecular complexity index is 623. The molecule has 1 heterocycles. The summed E-state index contributed by atoms with van der Waals surface area (Å²) in [6, 6.07) is 6.15. The van der Waals surface area contributed by atoms with E-state index in [1.165, 1.54) is 11.1 Å². The molecule has 3 nitrogen and oxygen atoms in total. The fourth-order valence-corrected chi connectivity index (χ4v) is 3.54. The molecule has 1 aromatic heterocycles. The van der Waals surface area contributed by atoms with E-state index in [4.69, 9.17) is 4.74 Å². The Balaban J connectivity index is 1.82. The molecule has 1 aliphatic carbocycles. The van der Waals surface area contributed by atoms with Crippen molar-refractivity contribution in [2.75, 3.05) is 7.11 Å². The van der Waals surface area contributed by atoms with Crippen LogP contribution in [0.1, 0.15) is 28.2 Å². The predicted molar refractivity (Wildman–Crippen MR) is 80.5 cm³/mol. The molecule has 106 valence electrons. The fourth-order valence-electron chi connectivity index (χ4n) is 2.93. The van der Waals surface area contributed by atoms with Crippen LogP contribution in [0.15, 0.2) is 23.6 Å². The van der Waals surface area contributed by atoms with Crippen LogP contribution in [0.3, 0.4) is 0 Å². The van der Waals surface area contributed by atoms with Gasteiger partial charge in [0.05, 0.1) is 23.4 Å². The standard InChI is InChI=1S/C16H19NO2S/c1-11-17-14(10-20-11)9-16(18)6-5-12-3-4-15(19-2)7-13(12)8-16/h3-4,7,10,18H,5-6,8-9H2,1-2H3. The molecule has 1 atom stereocenters. The first-order valence-corrected chi connectivity index (χ1v) is 7.75. The van der Waals surface area contributed by atoms with E-state index < -0.39 is 5.60 Å². The molecule has 20 heavy (non-hydrogen) atoms. The van der Waals surface area contributed by atoms with Crippen molar-refractivity contribution in [2.24, 2.45) is 0 Å². The van der Waals surface area contributed by atoms with Gasteiger partial charge >= 0.3 is 0 Å². The Hall–Kier alpha value is -1.39. The molecule has 0 bridgehead atoms. The van der Waals surface area contributed by atoms with Gasteiger partial charge in [-0.1, -0.05) is 6.07 Å². The number of methoxy groups -OCH3 is 1. The monoisotopic (exact) mass is 289 g/mol. The summed E-state index contributed by atoms with van der Waals surface area (Å²) in [6.45, 7) is 2.00. The lowest BCUT2D eigenvalue weighted by Gasteiger charge is -2.33. The molecular weight excluding hydrogens is 270 g/mol. The highest BCUT2D eigenvalue weighted by molar-refractivity contribution is 7.09. The average molecular weight is 289 g/mol. The molecule has 0 saturated carbocycles. The van der Waals surface area contributed by atoms with Crippen LogP contribution < -0.4 is 4.74 Å². The molecule has 1 N–H and O–H groups in total. The van der Waals surface area contributed by atoms with Gasteiger partial charge in [-0.15, -0.1) is 11.3 Å². The van der Waals surface area contributed by atoms with Gasteiger partial charge in [-0.05, 0) is 43.0 Å². The van der Waals surface area contributed by atoms with E-state index in [9.17, 15) is 5.11 Å². The van der Waals surface area contributed by atoms with Gasteiger partial charge in [0, 0.05) is 18.2 Å². The van der Waals surface area contributed by atoms with Gasteiger partial charge in [-0.2, -0.15) is 0 Å². The number of hydrogen-bond acceptors (Lipinski definition) is 4. The zero-order valence-electron chi connectivity index (χ0n) is 11.8. The summed E-state index contributed by atoms with van der Waals surface area (Å²) in [5.41, 5.74) is 2.84. The summed E-state index contributed by atoms with van der Waals surface area (Å²) in [5.74, 6) is 0.859. The first-order chi connectivity index (χ1) is 9.58.